The summed E-state index contributed by atoms with van der Waals surface area (Å²) < 4.78 is 98.3. The zero-order valence-electron chi connectivity index (χ0n) is 15.3. The van der Waals surface area contributed by atoms with Crippen LogP contribution < -0.4 is 0 Å². The standard InChI is InChI=1S/C13H9N5O12S3/c19-10-8(33(28,29)30)3-5-6(1-4(31(22,23)24)2-7(5)32(25,26)27)9(10)15-17-13-14-11(12(20)21)16-18-13/h1-3,19H,(H,20,21)(H,14,16,18)(H,22,23,24)(H,25,26,27)(H,28,29,30). The van der Waals surface area contributed by atoms with E-state index in [9.17, 15) is 48.8 Å². The number of rotatable bonds is 6. The van der Waals surface area contributed by atoms with E-state index in [1.54, 1.807) is 0 Å². The number of aromatic amines is 1. The lowest BCUT2D eigenvalue weighted by atomic mass is 10.1. The number of phenolic OH excluding ortho intramolecular Hbond substituents is 1. The number of benzene rings is 2. The summed E-state index contributed by atoms with van der Waals surface area (Å²) >= 11 is 0. The van der Waals surface area contributed by atoms with Crippen molar-refractivity contribution in [1.29, 1.82) is 0 Å². The maximum Gasteiger partial charge on any atom is 0.373 e. The number of phenols is 1. The Balaban J connectivity index is 2.49. The van der Waals surface area contributed by atoms with E-state index >= 15 is 0 Å². The summed E-state index contributed by atoms with van der Waals surface area (Å²) in [5.41, 5.74) is -0.975. The molecule has 0 atom stereocenters. The maximum atomic E-state index is 11.8. The quantitative estimate of drug-likeness (QED) is 0.190. The van der Waals surface area contributed by atoms with Gasteiger partial charge in [-0.2, -0.15) is 30.2 Å². The van der Waals surface area contributed by atoms with Gasteiger partial charge in [-0.3, -0.25) is 18.8 Å². The van der Waals surface area contributed by atoms with Crippen LogP contribution in [0.3, 0.4) is 0 Å². The van der Waals surface area contributed by atoms with E-state index in [1.165, 1.54) is 0 Å². The van der Waals surface area contributed by atoms with E-state index in [4.69, 9.17) is 5.11 Å². The predicted octanol–water partition coefficient (Wildman–Crippen LogP) is 0.517. The molecular weight excluding hydrogens is 514 g/mol. The van der Waals surface area contributed by atoms with E-state index in [0.29, 0.717) is 12.1 Å². The van der Waals surface area contributed by atoms with Gasteiger partial charge in [-0.25, -0.2) is 4.79 Å². The van der Waals surface area contributed by atoms with Crippen molar-refractivity contribution < 1.29 is 53.9 Å². The van der Waals surface area contributed by atoms with Gasteiger partial charge >= 0.3 is 5.97 Å². The normalized spacial score (nSPS) is 13.1. The van der Waals surface area contributed by atoms with Crippen LogP contribution in [0.25, 0.3) is 10.8 Å². The molecular formula is C13H9N5O12S3. The molecule has 6 N–H and O–H groups in total. The van der Waals surface area contributed by atoms with Gasteiger partial charge < -0.3 is 10.2 Å². The van der Waals surface area contributed by atoms with Crippen LogP contribution in [-0.2, 0) is 30.4 Å². The Labute approximate surface area is 182 Å². The molecule has 0 aliphatic rings. The van der Waals surface area contributed by atoms with Gasteiger partial charge in [-0.15, -0.1) is 15.3 Å². The van der Waals surface area contributed by atoms with Gasteiger partial charge in [0.2, 0.25) is 5.82 Å². The van der Waals surface area contributed by atoms with E-state index < -0.39 is 85.0 Å². The number of aromatic hydroxyl groups is 1. The first-order valence-corrected chi connectivity index (χ1v) is 12.2. The number of carboxylic acid groups (broad SMARTS) is 1. The van der Waals surface area contributed by atoms with Crippen molar-refractivity contribution in [3.63, 3.8) is 0 Å². The summed E-state index contributed by atoms with van der Waals surface area (Å²) in [5, 5.41) is 29.7. The third-order valence-electron chi connectivity index (χ3n) is 3.87. The third kappa shape index (κ3) is 4.79. The van der Waals surface area contributed by atoms with E-state index in [2.05, 4.69) is 20.3 Å². The molecule has 176 valence electrons. The molecule has 1 heterocycles. The fraction of sp³-hybridized carbons (Fsp3) is 0. The van der Waals surface area contributed by atoms with Crippen molar-refractivity contribution in [2.24, 2.45) is 10.2 Å². The molecule has 0 saturated heterocycles. The third-order valence-corrected chi connectivity index (χ3v) is 6.47. The highest BCUT2D eigenvalue weighted by Crippen LogP contribution is 2.44. The molecule has 0 unspecified atom stereocenters. The first-order chi connectivity index (χ1) is 15.0. The number of carbonyl (C=O) groups is 1. The molecule has 0 aliphatic heterocycles. The smallest absolute Gasteiger partial charge is 0.373 e. The average molecular weight is 523 g/mol. The lowest BCUT2D eigenvalue weighted by molar-refractivity contribution is 0.0684. The van der Waals surface area contributed by atoms with Gasteiger partial charge in [0.25, 0.3) is 36.3 Å². The second-order valence-corrected chi connectivity index (χ2v) is 10.2. The lowest BCUT2D eigenvalue weighted by Crippen LogP contribution is -2.06. The maximum absolute atomic E-state index is 11.8. The molecule has 0 spiro atoms. The van der Waals surface area contributed by atoms with Crippen molar-refractivity contribution in [3.05, 3.63) is 24.0 Å². The van der Waals surface area contributed by atoms with Gasteiger partial charge in [0, 0.05) is 10.8 Å². The van der Waals surface area contributed by atoms with Crippen LogP contribution >= 0.6 is 0 Å². The number of carboxylic acids is 1. The minimum absolute atomic E-state index is 0.285. The van der Waals surface area contributed by atoms with Crippen molar-refractivity contribution in [2.75, 3.05) is 0 Å². The zero-order valence-corrected chi connectivity index (χ0v) is 17.8. The molecule has 17 nitrogen and oxygen atoms in total. The second kappa shape index (κ2) is 7.79. The fourth-order valence-corrected chi connectivity index (χ4v) is 4.48. The van der Waals surface area contributed by atoms with Crippen LogP contribution in [0.1, 0.15) is 10.6 Å². The lowest BCUT2D eigenvalue weighted by Gasteiger charge is -2.12. The van der Waals surface area contributed by atoms with Crippen molar-refractivity contribution in [1.82, 2.24) is 15.2 Å². The number of nitrogens with zero attached hydrogens (tertiary/aromatic N) is 4. The first-order valence-electron chi connectivity index (χ1n) is 7.84. The minimum Gasteiger partial charge on any atom is -0.504 e. The van der Waals surface area contributed by atoms with Crippen molar-refractivity contribution >= 4 is 58.7 Å². The zero-order chi connectivity index (χ0) is 24.9. The number of aromatic carboxylic acids is 1. The first kappa shape index (κ1) is 24.1. The second-order valence-electron chi connectivity index (χ2n) is 6.00. The van der Waals surface area contributed by atoms with Crippen LogP contribution in [0.5, 0.6) is 5.75 Å². The summed E-state index contributed by atoms with van der Waals surface area (Å²) in [6.07, 6.45) is 0. The highest BCUT2D eigenvalue weighted by Gasteiger charge is 2.28. The predicted molar refractivity (Wildman–Crippen MR) is 103 cm³/mol. The highest BCUT2D eigenvalue weighted by molar-refractivity contribution is 7.87. The van der Waals surface area contributed by atoms with Crippen molar-refractivity contribution in [2.45, 2.75) is 14.7 Å². The van der Waals surface area contributed by atoms with Crippen LogP contribution in [0.4, 0.5) is 11.6 Å². The molecule has 0 bridgehead atoms. The summed E-state index contributed by atoms with van der Waals surface area (Å²) in [7, 11) is -15.6. The molecule has 0 fully saturated rings. The number of fused-ring (bicyclic) bond motifs is 1. The number of azo groups is 1. The Bertz CT molecular complexity index is 1670. The fourth-order valence-electron chi connectivity index (χ4n) is 2.54. The molecule has 1 aromatic heterocycles. The number of aromatic nitrogens is 3. The molecule has 0 saturated carbocycles. The molecule has 0 radical (unpaired) electrons. The molecule has 20 heteroatoms. The van der Waals surface area contributed by atoms with Gasteiger partial charge in [-0.1, -0.05) is 0 Å². The molecule has 0 aliphatic carbocycles. The highest BCUT2D eigenvalue weighted by atomic mass is 32.2. The Hall–Kier alpha value is -3.56. The van der Waals surface area contributed by atoms with E-state index in [-0.39, 0.29) is 6.07 Å². The van der Waals surface area contributed by atoms with Crippen LogP contribution in [0, 0.1) is 0 Å². The number of nitrogens with one attached hydrogen (secondary N) is 1. The average Bonchev–Trinajstić information content (AvgIpc) is 3.13. The number of hydrogen-bond acceptors (Lipinski definition) is 12. The van der Waals surface area contributed by atoms with E-state index in [1.807, 2.05) is 5.10 Å². The Morgan fingerprint density at radius 3 is 1.94 bits per heavy atom. The Morgan fingerprint density at radius 2 is 1.45 bits per heavy atom. The number of H-pyrrole nitrogens is 1. The Morgan fingerprint density at radius 1 is 0.848 bits per heavy atom. The molecule has 0 amide bonds. The molecule has 3 aromatic rings. The summed E-state index contributed by atoms with van der Waals surface area (Å²) in [6, 6.07) is 1.24. The minimum atomic E-state index is -5.28. The topological polar surface area (TPSA) is 287 Å². The number of hydrogen-bond donors (Lipinski definition) is 6. The van der Waals surface area contributed by atoms with E-state index in [0.717, 1.165) is 0 Å². The van der Waals surface area contributed by atoms with Crippen LogP contribution in [0.2, 0.25) is 0 Å². The summed E-state index contributed by atoms with van der Waals surface area (Å²) in [4.78, 5) is 10.6. The summed E-state index contributed by atoms with van der Waals surface area (Å²) in [5.74, 6) is -4.25. The molecule has 3 rings (SSSR count). The van der Waals surface area contributed by atoms with Crippen molar-refractivity contribution in [3.8, 4) is 5.75 Å². The van der Waals surface area contributed by atoms with Gasteiger partial charge in [0.05, 0.1) is 4.90 Å². The van der Waals surface area contributed by atoms with Gasteiger partial charge in [-0.05, 0) is 18.2 Å². The largest absolute Gasteiger partial charge is 0.504 e. The SMILES string of the molecule is O=C(O)c1nc(N=Nc2c(O)c(S(=O)(=O)O)cc3c(S(=O)(=O)O)cc(S(=O)(=O)O)cc23)n[nH]1. The Kier molecular flexibility index (Phi) is 5.68. The monoisotopic (exact) mass is 523 g/mol. The molecule has 33 heavy (non-hydrogen) atoms. The summed E-state index contributed by atoms with van der Waals surface area (Å²) in [6.45, 7) is 0. The molecule has 2 aromatic carbocycles. The van der Waals surface area contributed by atoms with Crippen LogP contribution in [-0.4, -0.2) is 70.3 Å². The van der Waals surface area contributed by atoms with Crippen LogP contribution in [0.15, 0.2) is 43.1 Å². The van der Waals surface area contributed by atoms with Gasteiger partial charge in [0.15, 0.2) is 5.75 Å². The van der Waals surface area contributed by atoms with Gasteiger partial charge in [0.1, 0.15) is 15.5 Å².